The van der Waals surface area contributed by atoms with Crippen molar-refractivity contribution in [3.05, 3.63) is 23.8 Å². The van der Waals surface area contributed by atoms with Gasteiger partial charge in [0.25, 0.3) is 5.91 Å². The van der Waals surface area contributed by atoms with Crippen molar-refractivity contribution in [2.24, 2.45) is 11.8 Å². The molecule has 1 aromatic rings. The first-order valence-corrected chi connectivity index (χ1v) is 8.79. The zero-order valence-electron chi connectivity index (χ0n) is 15.7. The molecular formula is C19H31ClN2O3. The van der Waals surface area contributed by atoms with Crippen LogP contribution in [0.1, 0.15) is 37.0 Å². The summed E-state index contributed by atoms with van der Waals surface area (Å²) in [6.07, 6.45) is 2.11. The van der Waals surface area contributed by atoms with Gasteiger partial charge in [-0.1, -0.05) is 13.8 Å². The van der Waals surface area contributed by atoms with Crippen LogP contribution in [0.3, 0.4) is 0 Å². The lowest BCUT2D eigenvalue weighted by Gasteiger charge is -2.32. The number of likely N-dealkylation sites (tertiary alicyclic amines) is 1. The maximum absolute atomic E-state index is 12.7. The summed E-state index contributed by atoms with van der Waals surface area (Å²) in [4.78, 5) is 14.7. The molecule has 2 rings (SSSR count). The number of halogens is 1. The zero-order chi connectivity index (χ0) is 17.5. The monoisotopic (exact) mass is 370 g/mol. The van der Waals surface area contributed by atoms with Crippen molar-refractivity contribution in [2.45, 2.75) is 26.7 Å². The van der Waals surface area contributed by atoms with Crippen molar-refractivity contribution in [3.8, 4) is 11.5 Å². The number of nitrogens with zero attached hydrogens (tertiary/aromatic N) is 1. The molecule has 0 saturated carbocycles. The summed E-state index contributed by atoms with van der Waals surface area (Å²) >= 11 is 0. The molecule has 0 bridgehead atoms. The van der Waals surface area contributed by atoms with Crippen LogP contribution in [0.15, 0.2) is 18.2 Å². The van der Waals surface area contributed by atoms with E-state index in [1.54, 1.807) is 13.2 Å². The molecule has 1 N–H and O–H groups in total. The second-order valence-corrected chi connectivity index (χ2v) is 6.86. The normalized spacial score (nSPS) is 15.0. The Balaban J connectivity index is 0.00000312. The van der Waals surface area contributed by atoms with Crippen molar-refractivity contribution < 1.29 is 14.3 Å². The lowest BCUT2D eigenvalue weighted by Crippen LogP contribution is -2.40. The molecule has 0 atom stereocenters. The molecule has 0 aromatic heterocycles. The number of carbonyl (C=O) groups excluding carboxylic acids is 1. The fourth-order valence-corrected chi connectivity index (χ4v) is 2.99. The Morgan fingerprint density at radius 3 is 2.52 bits per heavy atom. The summed E-state index contributed by atoms with van der Waals surface area (Å²) in [5.74, 6) is 2.49. The van der Waals surface area contributed by atoms with Crippen LogP contribution in [0.2, 0.25) is 0 Å². The molecule has 1 fully saturated rings. The quantitative estimate of drug-likeness (QED) is 0.800. The molecule has 0 spiro atoms. The Hall–Kier alpha value is -1.46. The van der Waals surface area contributed by atoms with E-state index < -0.39 is 0 Å². The molecule has 5 nitrogen and oxygen atoms in total. The van der Waals surface area contributed by atoms with E-state index in [1.165, 1.54) is 0 Å². The van der Waals surface area contributed by atoms with Gasteiger partial charge in [0, 0.05) is 18.7 Å². The number of carbonyl (C=O) groups is 1. The predicted molar refractivity (Wildman–Crippen MR) is 103 cm³/mol. The third-order valence-electron chi connectivity index (χ3n) is 4.38. The highest BCUT2D eigenvalue weighted by atomic mass is 35.5. The van der Waals surface area contributed by atoms with E-state index in [1.807, 2.05) is 24.1 Å². The molecule has 6 heteroatoms. The molecule has 0 aliphatic carbocycles. The SMILES string of the molecule is CNCC1CCN(C(=O)c2ccc(OCC(C)C)c(OC)c2)CC1.Cl. The van der Waals surface area contributed by atoms with E-state index in [2.05, 4.69) is 19.2 Å². The van der Waals surface area contributed by atoms with Crippen LogP contribution in [0, 0.1) is 11.8 Å². The van der Waals surface area contributed by atoms with Crippen LogP contribution in [0.25, 0.3) is 0 Å². The Morgan fingerprint density at radius 2 is 1.96 bits per heavy atom. The first-order chi connectivity index (χ1) is 11.5. The lowest BCUT2D eigenvalue weighted by atomic mass is 9.96. The molecule has 0 unspecified atom stereocenters. The molecule has 1 heterocycles. The standard InChI is InChI=1S/C19H30N2O3.ClH/c1-14(2)13-24-17-6-5-16(11-18(17)23-4)19(22)21-9-7-15(8-10-21)12-20-3;/h5-6,11,14-15,20H,7-10,12-13H2,1-4H3;1H. The molecule has 142 valence electrons. The maximum Gasteiger partial charge on any atom is 0.253 e. The Morgan fingerprint density at radius 1 is 1.28 bits per heavy atom. The van der Waals surface area contributed by atoms with Crippen molar-refractivity contribution in [2.75, 3.05) is 40.4 Å². The van der Waals surface area contributed by atoms with E-state index in [4.69, 9.17) is 9.47 Å². The number of hydrogen-bond donors (Lipinski definition) is 1. The number of rotatable bonds is 7. The van der Waals surface area contributed by atoms with Gasteiger partial charge in [-0.3, -0.25) is 4.79 Å². The highest BCUT2D eigenvalue weighted by Crippen LogP contribution is 2.29. The third kappa shape index (κ3) is 6.08. The summed E-state index contributed by atoms with van der Waals surface area (Å²) in [6, 6.07) is 5.46. The van der Waals surface area contributed by atoms with Crippen LogP contribution >= 0.6 is 12.4 Å². The summed E-state index contributed by atoms with van der Waals surface area (Å²) in [5.41, 5.74) is 0.663. The van der Waals surface area contributed by atoms with Gasteiger partial charge in [0.05, 0.1) is 13.7 Å². The minimum absolute atomic E-state index is 0. The van der Waals surface area contributed by atoms with Gasteiger partial charge >= 0.3 is 0 Å². The summed E-state index contributed by atoms with van der Waals surface area (Å²) in [6.45, 7) is 7.49. The van der Waals surface area contributed by atoms with Gasteiger partial charge in [0.15, 0.2) is 11.5 Å². The van der Waals surface area contributed by atoms with E-state index in [0.29, 0.717) is 35.5 Å². The van der Waals surface area contributed by atoms with E-state index in [9.17, 15) is 4.79 Å². The smallest absolute Gasteiger partial charge is 0.253 e. The molecule has 1 aliphatic rings. The van der Waals surface area contributed by atoms with Crippen molar-refractivity contribution in [3.63, 3.8) is 0 Å². The van der Waals surface area contributed by atoms with Crippen molar-refractivity contribution in [1.29, 1.82) is 0 Å². The van der Waals surface area contributed by atoms with E-state index >= 15 is 0 Å². The van der Waals surface area contributed by atoms with Crippen LogP contribution in [0.5, 0.6) is 11.5 Å². The predicted octanol–water partition coefficient (Wildman–Crippen LogP) is 3.22. The number of nitrogens with one attached hydrogen (secondary N) is 1. The van der Waals surface area contributed by atoms with Crippen LogP contribution < -0.4 is 14.8 Å². The number of hydrogen-bond acceptors (Lipinski definition) is 4. The highest BCUT2D eigenvalue weighted by molar-refractivity contribution is 5.95. The van der Waals surface area contributed by atoms with Crippen molar-refractivity contribution >= 4 is 18.3 Å². The second kappa shape index (κ2) is 10.5. The highest BCUT2D eigenvalue weighted by Gasteiger charge is 2.24. The molecule has 0 radical (unpaired) electrons. The Kier molecular flexibility index (Phi) is 9.08. The number of amides is 1. The number of benzene rings is 1. The maximum atomic E-state index is 12.7. The van der Waals surface area contributed by atoms with Gasteiger partial charge < -0.3 is 19.7 Å². The van der Waals surface area contributed by atoms with Crippen LogP contribution in [0.4, 0.5) is 0 Å². The van der Waals surface area contributed by atoms with Crippen LogP contribution in [-0.4, -0.2) is 51.2 Å². The van der Waals surface area contributed by atoms with Gasteiger partial charge in [0.2, 0.25) is 0 Å². The van der Waals surface area contributed by atoms with Crippen LogP contribution in [-0.2, 0) is 0 Å². The first-order valence-electron chi connectivity index (χ1n) is 8.79. The first kappa shape index (κ1) is 21.6. The van der Waals surface area contributed by atoms with Gasteiger partial charge in [-0.05, 0) is 56.5 Å². The van der Waals surface area contributed by atoms with Crippen molar-refractivity contribution in [1.82, 2.24) is 10.2 Å². The number of piperidine rings is 1. The molecule has 1 aliphatic heterocycles. The third-order valence-corrected chi connectivity index (χ3v) is 4.38. The van der Waals surface area contributed by atoms with Gasteiger partial charge in [-0.15, -0.1) is 12.4 Å². The minimum atomic E-state index is 0. The Bertz CT molecular complexity index is 543. The largest absolute Gasteiger partial charge is 0.493 e. The summed E-state index contributed by atoms with van der Waals surface area (Å²) in [7, 11) is 3.59. The summed E-state index contributed by atoms with van der Waals surface area (Å²) in [5, 5.41) is 3.22. The summed E-state index contributed by atoms with van der Waals surface area (Å²) < 4.78 is 11.2. The average Bonchev–Trinajstić information content (AvgIpc) is 2.60. The van der Waals surface area contributed by atoms with Gasteiger partial charge in [-0.2, -0.15) is 0 Å². The van der Waals surface area contributed by atoms with Gasteiger partial charge in [0.1, 0.15) is 0 Å². The topological polar surface area (TPSA) is 50.8 Å². The van der Waals surface area contributed by atoms with E-state index in [0.717, 1.165) is 32.5 Å². The molecular weight excluding hydrogens is 340 g/mol. The van der Waals surface area contributed by atoms with Gasteiger partial charge in [-0.25, -0.2) is 0 Å². The Labute approximate surface area is 157 Å². The molecule has 1 aromatic carbocycles. The zero-order valence-corrected chi connectivity index (χ0v) is 16.5. The minimum Gasteiger partial charge on any atom is -0.493 e. The number of ether oxygens (including phenoxy) is 2. The fraction of sp³-hybridized carbons (Fsp3) is 0.632. The molecule has 1 saturated heterocycles. The number of methoxy groups -OCH3 is 1. The average molecular weight is 371 g/mol. The molecule has 25 heavy (non-hydrogen) atoms. The fourth-order valence-electron chi connectivity index (χ4n) is 2.99. The van der Waals surface area contributed by atoms with E-state index in [-0.39, 0.29) is 18.3 Å². The second-order valence-electron chi connectivity index (χ2n) is 6.86. The molecule has 1 amide bonds. The lowest BCUT2D eigenvalue weighted by molar-refractivity contribution is 0.0690.